The minimum Gasteiger partial charge on any atom is -0.497 e. The van der Waals surface area contributed by atoms with Crippen molar-refractivity contribution in [1.29, 1.82) is 0 Å². The van der Waals surface area contributed by atoms with Gasteiger partial charge in [-0.2, -0.15) is 0 Å². The Balaban J connectivity index is 1.56. The molecule has 0 spiro atoms. The topological polar surface area (TPSA) is 35.5 Å². The number of methoxy groups -OCH3 is 1. The van der Waals surface area contributed by atoms with Crippen molar-refractivity contribution >= 4 is 5.97 Å². The Morgan fingerprint density at radius 2 is 1.34 bits per heavy atom. The van der Waals surface area contributed by atoms with Gasteiger partial charge in [0.1, 0.15) is 11.5 Å². The van der Waals surface area contributed by atoms with Crippen LogP contribution in [0.15, 0.2) is 78.9 Å². The molecule has 3 nitrogen and oxygen atoms in total. The fourth-order valence-corrected chi connectivity index (χ4v) is 3.38. The maximum atomic E-state index is 12.1. The summed E-state index contributed by atoms with van der Waals surface area (Å²) in [5, 5.41) is 0. The van der Waals surface area contributed by atoms with E-state index in [2.05, 4.69) is 38.1 Å². The molecule has 3 aromatic rings. The third-order valence-corrected chi connectivity index (χ3v) is 5.31. The van der Waals surface area contributed by atoms with Crippen molar-refractivity contribution in [3.63, 3.8) is 0 Å². The highest BCUT2D eigenvalue weighted by Gasteiger charge is 2.23. The predicted octanol–water partition coefficient (Wildman–Crippen LogP) is 5.95. The highest BCUT2D eigenvalue weighted by Crippen LogP contribution is 2.33. The molecular weight excluding hydrogens is 360 g/mol. The Hall–Kier alpha value is -3.07. The first kappa shape index (κ1) is 20.7. The minimum absolute atomic E-state index is 0.162. The number of rotatable bonds is 8. The molecule has 3 heteroatoms. The van der Waals surface area contributed by atoms with Crippen LogP contribution in [0.25, 0.3) is 0 Å². The Morgan fingerprint density at radius 1 is 0.793 bits per heavy atom. The van der Waals surface area contributed by atoms with Gasteiger partial charge in [0.05, 0.1) is 7.11 Å². The molecule has 29 heavy (non-hydrogen) atoms. The molecule has 0 atom stereocenters. The van der Waals surface area contributed by atoms with Gasteiger partial charge in [-0.3, -0.25) is 4.79 Å². The molecule has 0 bridgehead atoms. The standard InChI is InChI=1S/C26H28O3/c1-26(2,21-12-16-23(28-3)17-13-21)22-14-18-24(19-15-22)29-25(27)11-7-10-20-8-5-4-6-9-20/h4-6,8-9,12-19H,7,10-11H2,1-3H3. The third kappa shape index (κ3) is 5.47. The molecule has 3 aromatic carbocycles. The number of benzene rings is 3. The number of ether oxygens (including phenoxy) is 2. The zero-order valence-electron chi connectivity index (χ0n) is 17.4. The van der Waals surface area contributed by atoms with Gasteiger partial charge in [0.25, 0.3) is 0 Å². The number of carbonyl (C=O) groups excluding carboxylic acids is 1. The summed E-state index contributed by atoms with van der Waals surface area (Å²) < 4.78 is 10.7. The summed E-state index contributed by atoms with van der Waals surface area (Å²) in [4.78, 5) is 12.1. The fourth-order valence-electron chi connectivity index (χ4n) is 3.38. The summed E-state index contributed by atoms with van der Waals surface area (Å²) in [5.74, 6) is 1.24. The molecule has 0 fully saturated rings. The van der Waals surface area contributed by atoms with Crippen LogP contribution in [0.5, 0.6) is 11.5 Å². The normalized spacial score (nSPS) is 11.1. The molecule has 0 aliphatic rings. The van der Waals surface area contributed by atoms with Gasteiger partial charge in [-0.05, 0) is 53.8 Å². The summed E-state index contributed by atoms with van der Waals surface area (Å²) in [6.07, 6.45) is 2.07. The van der Waals surface area contributed by atoms with E-state index in [0.717, 1.165) is 24.2 Å². The lowest BCUT2D eigenvalue weighted by Crippen LogP contribution is -2.18. The van der Waals surface area contributed by atoms with Gasteiger partial charge in [-0.15, -0.1) is 0 Å². The molecule has 0 N–H and O–H groups in total. The summed E-state index contributed by atoms with van der Waals surface area (Å²) in [7, 11) is 1.67. The first-order valence-electron chi connectivity index (χ1n) is 9.99. The lowest BCUT2D eigenvalue weighted by atomic mass is 9.78. The largest absolute Gasteiger partial charge is 0.497 e. The van der Waals surface area contributed by atoms with Gasteiger partial charge in [0.2, 0.25) is 0 Å². The van der Waals surface area contributed by atoms with Crippen LogP contribution in [-0.2, 0) is 16.6 Å². The van der Waals surface area contributed by atoms with Crippen molar-refractivity contribution in [3.05, 3.63) is 95.6 Å². The molecule has 0 heterocycles. The maximum absolute atomic E-state index is 12.1. The molecule has 3 rings (SSSR count). The van der Waals surface area contributed by atoms with E-state index in [1.807, 2.05) is 54.6 Å². The van der Waals surface area contributed by atoms with Crippen LogP contribution in [0.1, 0.15) is 43.4 Å². The lowest BCUT2D eigenvalue weighted by molar-refractivity contribution is -0.134. The monoisotopic (exact) mass is 388 g/mol. The van der Waals surface area contributed by atoms with Crippen LogP contribution in [0.3, 0.4) is 0 Å². The molecule has 0 saturated carbocycles. The average molecular weight is 389 g/mol. The summed E-state index contributed by atoms with van der Waals surface area (Å²) in [5.41, 5.74) is 3.44. The molecule has 0 aliphatic carbocycles. The highest BCUT2D eigenvalue weighted by atomic mass is 16.5. The number of esters is 1. The number of hydrogen-bond acceptors (Lipinski definition) is 3. The van der Waals surface area contributed by atoms with Gasteiger partial charge >= 0.3 is 5.97 Å². The smallest absolute Gasteiger partial charge is 0.311 e. The molecular formula is C26H28O3. The molecule has 0 unspecified atom stereocenters. The van der Waals surface area contributed by atoms with Crippen LogP contribution in [0.4, 0.5) is 0 Å². The Bertz CT molecular complexity index is 910. The number of carbonyl (C=O) groups is 1. The van der Waals surface area contributed by atoms with Crippen molar-refractivity contribution < 1.29 is 14.3 Å². The second-order valence-electron chi connectivity index (χ2n) is 7.69. The summed E-state index contributed by atoms with van der Waals surface area (Å²) in [6.45, 7) is 4.36. The molecule has 0 saturated heterocycles. The summed E-state index contributed by atoms with van der Waals surface area (Å²) >= 11 is 0. The van der Waals surface area contributed by atoms with E-state index in [0.29, 0.717) is 12.2 Å². The zero-order chi connectivity index (χ0) is 20.7. The second-order valence-corrected chi connectivity index (χ2v) is 7.69. The van der Waals surface area contributed by atoms with Crippen molar-refractivity contribution in [2.24, 2.45) is 0 Å². The Morgan fingerprint density at radius 3 is 1.90 bits per heavy atom. The summed E-state index contributed by atoms with van der Waals surface area (Å²) in [6, 6.07) is 26.1. The zero-order valence-corrected chi connectivity index (χ0v) is 17.4. The predicted molar refractivity (Wildman–Crippen MR) is 117 cm³/mol. The van der Waals surface area contributed by atoms with Gasteiger partial charge in [-0.1, -0.05) is 68.4 Å². The number of hydrogen-bond donors (Lipinski definition) is 0. The molecule has 0 radical (unpaired) electrons. The van der Waals surface area contributed by atoms with E-state index < -0.39 is 0 Å². The minimum atomic E-state index is -0.192. The highest BCUT2D eigenvalue weighted by molar-refractivity contribution is 5.72. The SMILES string of the molecule is COc1ccc(C(C)(C)c2ccc(OC(=O)CCCc3ccccc3)cc2)cc1. The van der Waals surface area contributed by atoms with Gasteiger partial charge in [0, 0.05) is 11.8 Å². The van der Waals surface area contributed by atoms with E-state index in [1.165, 1.54) is 11.1 Å². The van der Waals surface area contributed by atoms with Gasteiger partial charge < -0.3 is 9.47 Å². The second kappa shape index (κ2) is 9.42. The quantitative estimate of drug-likeness (QED) is 0.353. The van der Waals surface area contributed by atoms with Crippen LogP contribution >= 0.6 is 0 Å². The number of aryl methyl sites for hydroxylation is 1. The van der Waals surface area contributed by atoms with Gasteiger partial charge in [-0.25, -0.2) is 0 Å². The molecule has 0 aromatic heterocycles. The van der Waals surface area contributed by atoms with E-state index in [-0.39, 0.29) is 11.4 Å². The van der Waals surface area contributed by atoms with E-state index in [9.17, 15) is 4.79 Å². The van der Waals surface area contributed by atoms with Crippen LogP contribution in [-0.4, -0.2) is 13.1 Å². The Labute approximate surface area is 173 Å². The first-order chi connectivity index (χ1) is 14.0. The van der Waals surface area contributed by atoms with E-state index in [4.69, 9.17) is 9.47 Å². The van der Waals surface area contributed by atoms with Crippen molar-refractivity contribution in [3.8, 4) is 11.5 Å². The van der Waals surface area contributed by atoms with Gasteiger partial charge in [0.15, 0.2) is 0 Å². The Kier molecular flexibility index (Phi) is 6.71. The first-order valence-corrected chi connectivity index (χ1v) is 9.99. The van der Waals surface area contributed by atoms with Crippen molar-refractivity contribution in [2.75, 3.05) is 7.11 Å². The molecule has 0 aliphatic heterocycles. The van der Waals surface area contributed by atoms with Crippen molar-refractivity contribution in [1.82, 2.24) is 0 Å². The third-order valence-electron chi connectivity index (χ3n) is 5.31. The molecule has 0 amide bonds. The van der Waals surface area contributed by atoms with E-state index in [1.54, 1.807) is 7.11 Å². The fraction of sp³-hybridized carbons (Fsp3) is 0.269. The van der Waals surface area contributed by atoms with Crippen molar-refractivity contribution in [2.45, 2.75) is 38.5 Å². The van der Waals surface area contributed by atoms with Crippen LogP contribution < -0.4 is 9.47 Å². The molecule has 150 valence electrons. The van der Waals surface area contributed by atoms with Crippen LogP contribution in [0, 0.1) is 0 Å². The maximum Gasteiger partial charge on any atom is 0.311 e. The van der Waals surface area contributed by atoms with Crippen LogP contribution in [0.2, 0.25) is 0 Å². The lowest BCUT2D eigenvalue weighted by Gasteiger charge is -2.26. The average Bonchev–Trinajstić information content (AvgIpc) is 2.75. The van der Waals surface area contributed by atoms with E-state index >= 15 is 0 Å².